The third-order valence-corrected chi connectivity index (χ3v) is 15.2. The number of primary amides is 1. The van der Waals surface area contributed by atoms with Gasteiger partial charge in [0.15, 0.2) is 5.60 Å². The summed E-state index contributed by atoms with van der Waals surface area (Å²) >= 11 is 0. The van der Waals surface area contributed by atoms with Gasteiger partial charge in [-0.15, -0.1) is 0 Å². The molecule has 2 saturated heterocycles. The highest BCUT2D eigenvalue weighted by atomic mass is 32.3. The van der Waals surface area contributed by atoms with Crippen molar-refractivity contribution in [2.45, 2.75) is 92.6 Å². The van der Waals surface area contributed by atoms with Crippen LogP contribution >= 0.6 is 0 Å². The molecule has 1 amide bonds. The van der Waals surface area contributed by atoms with Crippen molar-refractivity contribution >= 4 is 38.9 Å². The standard InChI is InChI=1S/C43H55N5O7.H2O4S/c1-6-39(52)21-25-22-42(38(51)55-5,33-27(13-17-47(23-25)24-39)26-11-8-9-12-30(26)45-33)29-19-28-31(20-32(29)54-4)46(3)35-41(28)15-18-48-16-10-14-40(7-2,34(41)48)36(49)43(35,53)37(44)50;1-5(2,3)4/h8-12,14,19-20,25,34-36,45,49,52-53H,6-7,13,15-18,21-24H2,1-5H3,(H2,44,50);(H2,1,2,3,4)/t25?,34-,35?,36+,39-,40+,41+,42-,43-;/m1./s1. The smallest absolute Gasteiger partial charge is 0.394 e. The maximum atomic E-state index is 15.2. The lowest BCUT2D eigenvalue weighted by molar-refractivity contribution is -0.201. The Bertz CT molecular complexity index is 2360. The average Bonchev–Trinajstić information content (AvgIpc) is 3.87. The molecule has 1 aliphatic carbocycles. The number of aliphatic hydroxyl groups excluding tert-OH is 1. The zero-order valence-electron chi connectivity index (χ0n) is 34.7. The Morgan fingerprint density at radius 2 is 1.73 bits per heavy atom. The van der Waals surface area contributed by atoms with Crippen molar-refractivity contribution in [3.8, 4) is 5.75 Å². The predicted molar refractivity (Wildman–Crippen MR) is 222 cm³/mol. The lowest BCUT2D eigenvalue weighted by Crippen LogP contribution is -2.81. The third-order valence-electron chi connectivity index (χ3n) is 15.2. The van der Waals surface area contributed by atoms with Gasteiger partial charge < -0.3 is 40.4 Å². The fraction of sp³-hybridized carbons (Fsp3) is 0.581. The molecular weight excluding hydrogens is 795 g/mol. The van der Waals surface area contributed by atoms with Crippen molar-refractivity contribution in [1.29, 1.82) is 0 Å². The average molecular weight is 852 g/mol. The number of piperidine rings is 1. The maximum absolute atomic E-state index is 15.2. The van der Waals surface area contributed by atoms with Crippen molar-refractivity contribution in [2.24, 2.45) is 17.1 Å². The Balaban J connectivity index is 0.000000943. The maximum Gasteiger partial charge on any atom is 0.394 e. The van der Waals surface area contributed by atoms with Gasteiger partial charge in [-0.1, -0.05) is 44.2 Å². The molecule has 0 radical (unpaired) electrons. The minimum atomic E-state index is -4.67. The predicted octanol–water partition coefficient (Wildman–Crippen LogP) is 2.08. The van der Waals surface area contributed by atoms with Crippen LogP contribution in [0.3, 0.4) is 0 Å². The summed E-state index contributed by atoms with van der Waals surface area (Å²) in [5, 5.41) is 38.0. The number of H-pyrrole nitrogens is 1. The van der Waals surface area contributed by atoms with Crippen LogP contribution in [0.1, 0.15) is 68.3 Å². The molecule has 16 nitrogen and oxygen atoms in total. The van der Waals surface area contributed by atoms with E-state index < -0.39 is 61.9 Å². The van der Waals surface area contributed by atoms with Gasteiger partial charge in [-0.05, 0) is 74.2 Å². The minimum Gasteiger partial charge on any atom is -0.496 e. The molecule has 6 aliphatic rings. The van der Waals surface area contributed by atoms with Crippen LogP contribution in [0.4, 0.5) is 5.69 Å². The second-order valence-electron chi connectivity index (χ2n) is 17.9. The number of aromatic nitrogens is 1. The Morgan fingerprint density at radius 3 is 2.38 bits per heavy atom. The largest absolute Gasteiger partial charge is 0.496 e. The van der Waals surface area contributed by atoms with Crippen molar-refractivity contribution in [3.05, 3.63) is 70.9 Å². The zero-order chi connectivity index (χ0) is 43.4. The van der Waals surface area contributed by atoms with Crippen molar-refractivity contribution < 1.29 is 51.9 Å². The van der Waals surface area contributed by atoms with Gasteiger partial charge in [-0.25, -0.2) is 0 Å². The molecule has 2 aromatic carbocycles. The minimum absolute atomic E-state index is 0.0790. The molecule has 1 spiro atoms. The number of carbonyl (C=O) groups is 2. The topological polar surface area (TPSA) is 239 Å². The molecule has 2 bridgehead atoms. The van der Waals surface area contributed by atoms with Crippen molar-refractivity contribution in [3.63, 3.8) is 0 Å². The highest BCUT2D eigenvalue weighted by molar-refractivity contribution is 7.79. The number of hydrogen-bond donors (Lipinski definition) is 7. The Morgan fingerprint density at radius 1 is 1.02 bits per heavy atom. The second kappa shape index (κ2) is 14.5. The van der Waals surface area contributed by atoms with Gasteiger partial charge in [0.25, 0.3) is 5.91 Å². The zero-order valence-corrected chi connectivity index (χ0v) is 35.5. The number of nitrogens with two attached hydrogens (primary N) is 1. The summed E-state index contributed by atoms with van der Waals surface area (Å²) in [5.41, 5.74) is 4.72. The van der Waals surface area contributed by atoms with E-state index in [1.165, 1.54) is 7.11 Å². The molecule has 3 fully saturated rings. The van der Waals surface area contributed by atoms with Gasteiger partial charge in [-0.3, -0.25) is 28.5 Å². The summed E-state index contributed by atoms with van der Waals surface area (Å²) in [6.45, 7) is 7.39. The number of methoxy groups -OCH3 is 2. The van der Waals surface area contributed by atoms with E-state index in [1.54, 1.807) is 7.11 Å². The van der Waals surface area contributed by atoms with E-state index >= 15 is 4.79 Å². The summed E-state index contributed by atoms with van der Waals surface area (Å²) < 4.78 is 43.8. The normalized spacial score (nSPS) is 36.7. The Hall–Kier alpha value is -4.07. The number of hydrogen-bond acceptors (Lipinski definition) is 12. The summed E-state index contributed by atoms with van der Waals surface area (Å²) in [4.78, 5) is 39.3. The highest BCUT2D eigenvalue weighted by Crippen LogP contribution is 2.67. The molecule has 9 rings (SSSR count). The second-order valence-corrected chi connectivity index (χ2v) is 18.8. The summed E-state index contributed by atoms with van der Waals surface area (Å²) in [6.07, 6.45) is 5.78. The van der Waals surface area contributed by atoms with E-state index in [0.29, 0.717) is 69.5 Å². The first-order valence-electron chi connectivity index (χ1n) is 20.7. The lowest BCUT2D eigenvalue weighted by Gasteiger charge is -2.63. The van der Waals surface area contributed by atoms with E-state index in [-0.39, 0.29) is 12.0 Å². The fourth-order valence-corrected chi connectivity index (χ4v) is 13.1. The number of para-hydroxylation sites is 1. The van der Waals surface area contributed by atoms with Crippen LogP contribution in [-0.4, -0.2) is 143 Å². The van der Waals surface area contributed by atoms with Crippen molar-refractivity contribution in [2.75, 3.05) is 58.9 Å². The molecule has 5 aliphatic heterocycles. The first-order valence-corrected chi connectivity index (χ1v) is 22.1. The number of nitrogens with zero attached hydrogens (tertiary/aromatic N) is 3. The number of esters is 1. The van der Waals surface area contributed by atoms with Gasteiger partial charge in [0.1, 0.15) is 17.3 Å². The molecule has 326 valence electrons. The van der Waals surface area contributed by atoms with Crippen LogP contribution in [0.15, 0.2) is 48.6 Å². The van der Waals surface area contributed by atoms with Crippen molar-refractivity contribution in [1.82, 2.24) is 14.8 Å². The quantitative estimate of drug-likeness (QED) is 0.107. The molecule has 60 heavy (non-hydrogen) atoms. The number of ether oxygens (including phenoxy) is 2. The number of fused-ring (bicyclic) bond motifs is 6. The SMILES string of the molecule is CC[C@@]1(O)CC2CN(CCc3c([nH]c4ccccc34)[C@](C(=O)OC)(c3cc4c(cc3OC)N(C)C3[C@](O)(C(N)=O)[C@@H](O)[C@@]5(CC)C=CCN6CC[C@@]43[C@H]65)C2)C1.O=S(=O)(O)O. The molecule has 17 heteroatoms. The number of rotatable bonds is 6. The van der Waals surface area contributed by atoms with Gasteiger partial charge in [0, 0.05) is 84.0 Å². The van der Waals surface area contributed by atoms with Crippen LogP contribution < -0.4 is 15.4 Å². The fourth-order valence-electron chi connectivity index (χ4n) is 13.1. The molecular formula is C43H57N5O11S. The molecule has 6 heterocycles. The molecule has 1 aromatic heterocycles. The first-order chi connectivity index (χ1) is 28.3. The molecule has 10 atom stereocenters. The highest BCUT2D eigenvalue weighted by Gasteiger charge is 2.78. The number of nitrogens with one attached hydrogen (secondary N) is 1. The van der Waals surface area contributed by atoms with Gasteiger partial charge in [0.2, 0.25) is 0 Å². The van der Waals surface area contributed by atoms with E-state index in [4.69, 9.17) is 32.7 Å². The number of carbonyl (C=O) groups excluding carboxylic acids is 2. The number of aliphatic hydroxyl groups is 3. The van der Waals surface area contributed by atoms with E-state index in [2.05, 4.69) is 26.9 Å². The molecule has 3 unspecified atom stereocenters. The number of amides is 1. The summed E-state index contributed by atoms with van der Waals surface area (Å²) in [6, 6.07) is 11.0. The van der Waals surface area contributed by atoms with E-state index in [9.17, 15) is 20.1 Å². The summed E-state index contributed by atoms with van der Waals surface area (Å²) in [5.74, 6) is -1.00. The van der Waals surface area contributed by atoms with Crippen LogP contribution in [-0.2, 0) is 42.0 Å². The lowest BCUT2D eigenvalue weighted by atomic mass is 9.47. The van der Waals surface area contributed by atoms with Crippen LogP contribution in [0.2, 0.25) is 0 Å². The van der Waals surface area contributed by atoms with Crippen LogP contribution in [0, 0.1) is 11.3 Å². The number of aromatic amines is 1. The van der Waals surface area contributed by atoms with Gasteiger partial charge >= 0.3 is 16.4 Å². The molecule has 3 aromatic rings. The Labute approximate surface area is 349 Å². The van der Waals surface area contributed by atoms with Gasteiger partial charge in [0.05, 0.1) is 25.9 Å². The van der Waals surface area contributed by atoms with E-state index in [0.717, 1.165) is 46.5 Å². The number of likely N-dealkylation sites (N-methyl/N-ethyl adjacent to an activating group) is 1. The first kappa shape index (κ1) is 42.6. The molecule has 1 saturated carbocycles. The molecule has 8 N–H and O–H groups in total. The monoisotopic (exact) mass is 851 g/mol. The van der Waals surface area contributed by atoms with Gasteiger partial charge in [-0.2, -0.15) is 8.42 Å². The van der Waals surface area contributed by atoms with Crippen LogP contribution in [0.5, 0.6) is 5.75 Å². The van der Waals surface area contributed by atoms with E-state index in [1.807, 2.05) is 62.2 Å². The van der Waals surface area contributed by atoms with Crippen LogP contribution in [0.25, 0.3) is 10.9 Å². The summed E-state index contributed by atoms with van der Waals surface area (Å²) in [7, 11) is 0.225. The number of benzene rings is 2. The number of anilines is 1. The third kappa shape index (κ3) is 5.91. The Kier molecular flexibility index (Phi) is 10.3.